The Morgan fingerprint density at radius 3 is 2.05 bits per heavy atom. The number of rotatable bonds is 6. The van der Waals surface area contributed by atoms with E-state index in [1.165, 1.54) is 0 Å². The molecule has 0 fully saturated rings. The van der Waals surface area contributed by atoms with Crippen LogP contribution in [0.4, 0.5) is 0 Å². The molecule has 0 saturated heterocycles. The zero-order chi connectivity index (χ0) is 16.3. The molecule has 0 aliphatic rings. The van der Waals surface area contributed by atoms with E-state index in [4.69, 9.17) is 18.0 Å². The summed E-state index contributed by atoms with van der Waals surface area (Å²) < 4.78 is 20.2. The van der Waals surface area contributed by atoms with Gasteiger partial charge >= 0.3 is 14.8 Å². The number of carbonyl (C=O) groups excluding carboxylic acids is 1. The van der Waals surface area contributed by atoms with Crippen LogP contribution in [-0.2, 0) is 18.1 Å². The van der Waals surface area contributed by atoms with E-state index in [1.54, 1.807) is 27.4 Å². The summed E-state index contributed by atoms with van der Waals surface area (Å²) >= 11 is 0. The summed E-state index contributed by atoms with van der Waals surface area (Å²) in [5, 5.41) is 0. The summed E-state index contributed by atoms with van der Waals surface area (Å²) in [5.74, 6) is 0.159. The fraction of sp³-hybridized carbons (Fsp3) is 0.400. The zero-order valence-electron chi connectivity index (χ0n) is 13.3. The lowest BCUT2D eigenvalue weighted by Gasteiger charge is -2.22. The van der Waals surface area contributed by atoms with Crippen LogP contribution in [0.2, 0.25) is 6.04 Å². The van der Waals surface area contributed by atoms with Crippen molar-refractivity contribution in [1.29, 1.82) is 0 Å². The van der Waals surface area contributed by atoms with Crippen molar-refractivity contribution in [2.75, 3.05) is 21.3 Å². The predicted molar refractivity (Wildman–Crippen MR) is 84.3 cm³/mol. The van der Waals surface area contributed by atoms with Crippen molar-refractivity contribution in [3.63, 3.8) is 0 Å². The first-order chi connectivity index (χ1) is 9.98. The number of benzene rings is 1. The Morgan fingerprint density at radius 1 is 1.19 bits per heavy atom. The van der Waals surface area contributed by atoms with E-state index in [0.717, 1.165) is 17.7 Å². The first-order valence-corrected chi connectivity index (χ1v) is 8.47. The first-order valence-electron chi connectivity index (χ1n) is 6.53. The van der Waals surface area contributed by atoms with Gasteiger partial charge in [0.2, 0.25) is 0 Å². The standard InChI is InChI=1S/C10H10O2.C5H14O3Si/c1-3-10(11)12-9-7-5-4-6-8(9)2;1-5-9(6-2,7-3)8-4/h3-7H,1H2,2H3;5H2,1-4H3. The zero-order valence-corrected chi connectivity index (χ0v) is 14.3. The van der Waals surface area contributed by atoms with E-state index in [2.05, 4.69) is 6.58 Å². The number of carbonyl (C=O) groups is 1. The Balaban J connectivity index is 0.000000400. The summed E-state index contributed by atoms with van der Waals surface area (Å²) in [6, 6.07) is 8.15. The minimum absolute atomic E-state index is 0.427. The molecule has 0 heterocycles. The van der Waals surface area contributed by atoms with E-state index >= 15 is 0 Å². The molecule has 0 N–H and O–H groups in total. The van der Waals surface area contributed by atoms with E-state index in [1.807, 2.05) is 32.0 Å². The van der Waals surface area contributed by atoms with Crippen LogP contribution in [0.15, 0.2) is 36.9 Å². The maximum Gasteiger partial charge on any atom is 0.499 e. The number of esters is 1. The second-order valence-electron chi connectivity index (χ2n) is 4.04. The van der Waals surface area contributed by atoms with Crippen LogP contribution in [0.25, 0.3) is 0 Å². The molecule has 0 radical (unpaired) electrons. The van der Waals surface area contributed by atoms with E-state index < -0.39 is 14.8 Å². The van der Waals surface area contributed by atoms with Gasteiger partial charge in [-0.05, 0) is 18.6 Å². The highest BCUT2D eigenvalue weighted by molar-refractivity contribution is 6.60. The van der Waals surface area contributed by atoms with Crippen LogP contribution in [-0.4, -0.2) is 36.1 Å². The van der Waals surface area contributed by atoms with Gasteiger partial charge in [0.25, 0.3) is 0 Å². The van der Waals surface area contributed by atoms with Gasteiger partial charge in [0.15, 0.2) is 0 Å². The van der Waals surface area contributed by atoms with Gasteiger partial charge in [-0.3, -0.25) is 0 Å². The quantitative estimate of drug-likeness (QED) is 0.350. The molecule has 0 atom stereocenters. The monoisotopic (exact) mass is 312 g/mol. The van der Waals surface area contributed by atoms with E-state index in [9.17, 15) is 4.79 Å². The molecule has 21 heavy (non-hydrogen) atoms. The third-order valence-electron chi connectivity index (χ3n) is 2.84. The molecular formula is C15H24O5Si. The summed E-state index contributed by atoms with van der Waals surface area (Å²) in [4.78, 5) is 10.8. The minimum atomic E-state index is -2.19. The molecule has 0 aliphatic carbocycles. The fourth-order valence-corrected chi connectivity index (χ4v) is 2.87. The molecule has 6 heteroatoms. The average Bonchev–Trinajstić information content (AvgIpc) is 2.53. The Labute approximate surface area is 127 Å². The van der Waals surface area contributed by atoms with Crippen LogP contribution in [0, 0.1) is 6.92 Å². The maximum atomic E-state index is 10.8. The molecule has 0 unspecified atom stereocenters. The lowest BCUT2D eigenvalue weighted by Crippen LogP contribution is -2.41. The van der Waals surface area contributed by atoms with Gasteiger partial charge in [-0.1, -0.05) is 31.7 Å². The van der Waals surface area contributed by atoms with Crippen molar-refractivity contribution in [3.8, 4) is 5.75 Å². The summed E-state index contributed by atoms with van der Waals surface area (Å²) in [6.07, 6.45) is 1.15. The molecule has 0 aliphatic heterocycles. The minimum Gasteiger partial charge on any atom is -0.423 e. The molecule has 0 spiro atoms. The summed E-state index contributed by atoms with van der Waals surface area (Å²) in [5.41, 5.74) is 0.938. The number of hydrogen-bond donors (Lipinski definition) is 0. The van der Waals surface area contributed by atoms with E-state index in [-0.39, 0.29) is 0 Å². The summed E-state index contributed by atoms with van der Waals surface area (Å²) in [7, 11) is 2.65. The van der Waals surface area contributed by atoms with Crippen molar-refractivity contribution in [2.24, 2.45) is 0 Å². The molecule has 1 rings (SSSR count). The summed E-state index contributed by atoms with van der Waals surface area (Å²) in [6.45, 7) is 7.18. The number of para-hydroxylation sites is 1. The van der Waals surface area contributed by atoms with Crippen molar-refractivity contribution < 1.29 is 22.8 Å². The van der Waals surface area contributed by atoms with Gasteiger partial charge in [-0.25, -0.2) is 4.79 Å². The maximum absolute atomic E-state index is 10.8. The molecule has 0 aromatic heterocycles. The predicted octanol–water partition coefficient (Wildman–Crippen LogP) is 2.97. The van der Waals surface area contributed by atoms with Gasteiger partial charge in [0.1, 0.15) is 5.75 Å². The highest BCUT2D eigenvalue weighted by Crippen LogP contribution is 2.16. The van der Waals surface area contributed by atoms with Gasteiger partial charge in [0, 0.05) is 33.4 Å². The van der Waals surface area contributed by atoms with Crippen LogP contribution >= 0.6 is 0 Å². The number of aryl methyl sites for hydroxylation is 1. The normalized spacial score (nSPS) is 10.3. The van der Waals surface area contributed by atoms with Crippen LogP contribution in [0.1, 0.15) is 12.5 Å². The average molecular weight is 312 g/mol. The molecule has 1 aromatic rings. The van der Waals surface area contributed by atoms with Crippen molar-refractivity contribution >= 4 is 14.8 Å². The topological polar surface area (TPSA) is 54.0 Å². The molecule has 118 valence electrons. The number of hydrogen-bond acceptors (Lipinski definition) is 5. The number of ether oxygens (including phenoxy) is 1. The molecule has 0 amide bonds. The highest BCUT2D eigenvalue weighted by atomic mass is 28.4. The molecule has 0 bridgehead atoms. The second-order valence-corrected chi connectivity index (χ2v) is 7.34. The van der Waals surface area contributed by atoms with Crippen LogP contribution < -0.4 is 4.74 Å². The second kappa shape index (κ2) is 10.3. The van der Waals surface area contributed by atoms with Crippen molar-refractivity contribution in [3.05, 3.63) is 42.5 Å². The van der Waals surface area contributed by atoms with Crippen LogP contribution in [0.5, 0.6) is 5.75 Å². The fourth-order valence-electron chi connectivity index (χ4n) is 1.50. The Bertz CT molecular complexity index is 426. The van der Waals surface area contributed by atoms with E-state index in [0.29, 0.717) is 5.75 Å². The van der Waals surface area contributed by atoms with Gasteiger partial charge in [-0.2, -0.15) is 0 Å². The SMILES string of the molecule is C=CC(=O)Oc1ccccc1C.CC[Si](OC)(OC)OC. The van der Waals surface area contributed by atoms with Crippen molar-refractivity contribution in [2.45, 2.75) is 19.9 Å². The highest BCUT2D eigenvalue weighted by Gasteiger charge is 2.34. The van der Waals surface area contributed by atoms with Crippen LogP contribution in [0.3, 0.4) is 0 Å². The lowest BCUT2D eigenvalue weighted by atomic mass is 10.2. The van der Waals surface area contributed by atoms with Gasteiger partial charge in [-0.15, -0.1) is 0 Å². The Hall–Kier alpha value is -1.47. The largest absolute Gasteiger partial charge is 0.499 e. The first kappa shape index (κ1) is 19.5. The smallest absolute Gasteiger partial charge is 0.423 e. The molecule has 1 aromatic carbocycles. The third kappa shape index (κ3) is 6.68. The Kier molecular flexibility index (Phi) is 9.56. The Morgan fingerprint density at radius 2 is 1.71 bits per heavy atom. The molecule has 0 saturated carbocycles. The molecular weight excluding hydrogens is 288 g/mol. The lowest BCUT2D eigenvalue weighted by molar-refractivity contribution is -0.129. The van der Waals surface area contributed by atoms with Gasteiger partial charge in [0.05, 0.1) is 0 Å². The van der Waals surface area contributed by atoms with Gasteiger partial charge < -0.3 is 18.0 Å². The third-order valence-corrected chi connectivity index (χ3v) is 5.57. The molecule has 5 nitrogen and oxygen atoms in total. The van der Waals surface area contributed by atoms with Crippen molar-refractivity contribution in [1.82, 2.24) is 0 Å².